The van der Waals surface area contributed by atoms with Crippen LogP contribution in [0, 0.1) is 10.8 Å². The topological polar surface area (TPSA) is 138 Å². The lowest BCUT2D eigenvalue weighted by Gasteiger charge is -2.26. The number of carbonyl (C=O) groups excluding carboxylic acids is 3. The molecule has 1 saturated carbocycles. The summed E-state index contributed by atoms with van der Waals surface area (Å²) < 4.78 is 5.14. The van der Waals surface area contributed by atoms with E-state index in [0.717, 1.165) is 16.9 Å². The predicted octanol–water partition coefficient (Wildman–Crippen LogP) is 1.95. The van der Waals surface area contributed by atoms with Crippen molar-refractivity contribution < 1.29 is 19.1 Å². The summed E-state index contributed by atoms with van der Waals surface area (Å²) in [5, 5.41) is 15.1. The van der Waals surface area contributed by atoms with E-state index < -0.39 is 12.1 Å². The Kier molecular flexibility index (Phi) is 6.48. The molecule has 0 bridgehead atoms. The molecule has 2 aliphatic rings. The van der Waals surface area contributed by atoms with Crippen molar-refractivity contribution in [2.24, 2.45) is 11.1 Å². The van der Waals surface area contributed by atoms with Crippen LogP contribution < -0.4 is 16.4 Å². The number of amides is 3. The molecule has 2 heterocycles. The Morgan fingerprint density at radius 1 is 1.27 bits per heavy atom. The molecule has 1 aromatic carbocycles. The third-order valence-electron chi connectivity index (χ3n) is 6.22. The number of nitrogens with zero attached hydrogens (tertiary/aromatic N) is 1. The van der Waals surface area contributed by atoms with E-state index in [9.17, 15) is 14.4 Å². The third kappa shape index (κ3) is 5.07. The SMILES string of the molecule is C[C@@]12C[C@@H]1N(C(=O)CN)[C@H](C(=O)NCc1cc(C(=N)NC(=O)OCc3ccccc3)cs1)C2. The molecule has 9 nitrogen and oxygen atoms in total. The van der Waals surface area contributed by atoms with Crippen molar-refractivity contribution in [3.8, 4) is 0 Å². The van der Waals surface area contributed by atoms with Crippen molar-refractivity contribution in [3.63, 3.8) is 0 Å². The van der Waals surface area contributed by atoms with E-state index in [1.165, 1.54) is 11.3 Å². The quantitative estimate of drug-likeness (QED) is 0.363. The second kappa shape index (κ2) is 9.32. The Morgan fingerprint density at radius 2 is 2.03 bits per heavy atom. The van der Waals surface area contributed by atoms with Crippen LogP contribution in [0.25, 0.3) is 0 Å². The number of piperidine rings is 1. The first-order valence-corrected chi connectivity index (χ1v) is 11.6. The molecule has 1 aliphatic carbocycles. The van der Waals surface area contributed by atoms with E-state index >= 15 is 0 Å². The van der Waals surface area contributed by atoms with Crippen LogP contribution in [0.2, 0.25) is 0 Å². The monoisotopic (exact) mass is 469 g/mol. The highest BCUT2D eigenvalue weighted by atomic mass is 32.1. The zero-order chi connectivity index (χ0) is 23.6. The molecule has 10 heteroatoms. The van der Waals surface area contributed by atoms with Crippen LogP contribution in [0.15, 0.2) is 41.8 Å². The van der Waals surface area contributed by atoms with Gasteiger partial charge in [-0.1, -0.05) is 37.3 Å². The van der Waals surface area contributed by atoms with E-state index in [1.54, 1.807) is 16.3 Å². The van der Waals surface area contributed by atoms with E-state index in [4.69, 9.17) is 15.9 Å². The standard InChI is InChI=1S/C23H27N5O4S/c1-23-8-17(28(18(23)9-23)19(29)10-24)21(30)26-11-16-7-15(13-33-16)20(25)27-22(31)32-12-14-5-3-2-4-6-14/h2-7,13,17-18H,8-12,24H2,1H3,(H,26,30)(H2,25,27,31)/t17-,18-,23+/m0/s1. The number of amidine groups is 1. The number of ether oxygens (including phenoxy) is 1. The van der Waals surface area contributed by atoms with Crippen LogP contribution in [0.4, 0.5) is 4.79 Å². The van der Waals surface area contributed by atoms with E-state index in [-0.39, 0.29) is 48.8 Å². The summed E-state index contributed by atoms with van der Waals surface area (Å²) in [5.74, 6) is -0.471. The highest BCUT2D eigenvalue weighted by Gasteiger charge is 2.64. The second-order valence-electron chi connectivity index (χ2n) is 8.68. The van der Waals surface area contributed by atoms with Gasteiger partial charge in [0.1, 0.15) is 18.5 Å². The molecular weight excluding hydrogens is 442 g/mol. The van der Waals surface area contributed by atoms with Gasteiger partial charge in [-0.2, -0.15) is 0 Å². The van der Waals surface area contributed by atoms with Crippen LogP contribution in [-0.2, 0) is 27.5 Å². The van der Waals surface area contributed by atoms with Gasteiger partial charge in [0.15, 0.2) is 0 Å². The molecule has 1 aliphatic heterocycles. The smallest absolute Gasteiger partial charge is 0.413 e. The number of alkyl carbamates (subject to hydrolysis) is 1. The second-order valence-corrected chi connectivity index (χ2v) is 9.68. The lowest BCUT2D eigenvalue weighted by molar-refractivity contribution is -0.138. The van der Waals surface area contributed by atoms with Gasteiger partial charge in [0.05, 0.1) is 13.1 Å². The summed E-state index contributed by atoms with van der Waals surface area (Å²) in [6.07, 6.45) is 0.854. The van der Waals surface area contributed by atoms with Crippen LogP contribution in [0.3, 0.4) is 0 Å². The van der Waals surface area contributed by atoms with Gasteiger partial charge < -0.3 is 20.7 Å². The molecule has 33 heavy (non-hydrogen) atoms. The number of nitrogens with one attached hydrogen (secondary N) is 3. The summed E-state index contributed by atoms with van der Waals surface area (Å²) in [5.41, 5.74) is 6.93. The highest BCUT2D eigenvalue weighted by Crippen LogP contribution is 2.59. The number of nitrogens with two attached hydrogens (primary N) is 1. The molecule has 3 atom stereocenters. The number of fused-ring (bicyclic) bond motifs is 1. The van der Waals surface area contributed by atoms with Gasteiger partial charge >= 0.3 is 6.09 Å². The van der Waals surface area contributed by atoms with Gasteiger partial charge in [0.2, 0.25) is 11.8 Å². The first kappa shape index (κ1) is 22.9. The summed E-state index contributed by atoms with van der Waals surface area (Å²) in [6, 6.07) is 10.6. The van der Waals surface area contributed by atoms with Gasteiger partial charge in [-0.3, -0.25) is 20.3 Å². The van der Waals surface area contributed by atoms with Crippen LogP contribution >= 0.6 is 11.3 Å². The molecule has 174 valence electrons. The van der Waals surface area contributed by atoms with Crippen LogP contribution in [0.5, 0.6) is 0 Å². The minimum atomic E-state index is -0.706. The Hall–Kier alpha value is -3.24. The number of carbonyl (C=O) groups is 3. The summed E-state index contributed by atoms with van der Waals surface area (Å²) in [7, 11) is 0. The summed E-state index contributed by atoms with van der Waals surface area (Å²) >= 11 is 1.37. The molecule has 4 rings (SSSR count). The predicted molar refractivity (Wildman–Crippen MR) is 124 cm³/mol. The molecule has 0 spiro atoms. The Labute approximate surface area is 195 Å². The number of benzene rings is 1. The number of hydrogen-bond acceptors (Lipinski definition) is 7. The molecule has 1 saturated heterocycles. The van der Waals surface area contributed by atoms with Gasteiger partial charge in [-0.05, 0) is 29.9 Å². The van der Waals surface area contributed by atoms with E-state index in [0.29, 0.717) is 12.0 Å². The van der Waals surface area contributed by atoms with Crippen molar-refractivity contribution >= 4 is 35.1 Å². The highest BCUT2D eigenvalue weighted by molar-refractivity contribution is 7.10. The molecule has 2 fully saturated rings. The van der Waals surface area contributed by atoms with Crippen molar-refractivity contribution in [3.05, 3.63) is 57.8 Å². The van der Waals surface area contributed by atoms with Crippen molar-refractivity contribution in [1.29, 1.82) is 5.41 Å². The average Bonchev–Trinajstić information content (AvgIpc) is 3.14. The number of likely N-dealkylation sites (tertiary alicyclic amines) is 1. The molecule has 5 N–H and O–H groups in total. The molecule has 0 radical (unpaired) electrons. The summed E-state index contributed by atoms with van der Waals surface area (Å²) in [6.45, 7) is 2.38. The maximum atomic E-state index is 12.8. The van der Waals surface area contributed by atoms with Crippen molar-refractivity contribution in [1.82, 2.24) is 15.5 Å². The average molecular weight is 470 g/mol. The van der Waals surface area contributed by atoms with Crippen LogP contribution in [-0.4, -0.2) is 47.3 Å². The molecule has 2 aromatic rings. The lowest BCUT2D eigenvalue weighted by Crippen LogP contribution is -2.49. The minimum Gasteiger partial charge on any atom is -0.444 e. The minimum absolute atomic E-state index is 0.0127. The fraction of sp³-hybridized carbons (Fsp3) is 0.391. The first-order valence-electron chi connectivity index (χ1n) is 10.7. The maximum Gasteiger partial charge on any atom is 0.413 e. The Morgan fingerprint density at radius 3 is 2.76 bits per heavy atom. The zero-order valence-electron chi connectivity index (χ0n) is 18.3. The molecule has 0 unspecified atom stereocenters. The van der Waals surface area contributed by atoms with Gasteiger partial charge in [0, 0.05) is 21.9 Å². The van der Waals surface area contributed by atoms with Gasteiger partial charge in [-0.15, -0.1) is 11.3 Å². The third-order valence-corrected chi connectivity index (χ3v) is 7.16. The first-order chi connectivity index (χ1) is 15.8. The lowest BCUT2D eigenvalue weighted by atomic mass is 10.0. The molecular formula is C23H27N5O4S. The number of thiophene rings is 1. The maximum absolute atomic E-state index is 12.8. The van der Waals surface area contributed by atoms with Crippen molar-refractivity contribution in [2.45, 2.75) is 45.0 Å². The zero-order valence-corrected chi connectivity index (χ0v) is 19.1. The molecule has 3 amide bonds. The largest absolute Gasteiger partial charge is 0.444 e. The van der Waals surface area contributed by atoms with Crippen LogP contribution in [0.1, 0.15) is 35.8 Å². The Balaban J connectivity index is 1.26. The number of hydrogen-bond donors (Lipinski definition) is 4. The van der Waals surface area contributed by atoms with E-state index in [1.807, 2.05) is 30.3 Å². The number of rotatable bonds is 7. The molecule has 1 aromatic heterocycles. The Bertz CT molecular complexity index is 1070. The summed E-state index contributed by atoms with van der Waals surface area (Å²) in [4.78, 5) is 39.4. The van der Waals surface area contributed by atoms with Crippen molar-refractivity contribution in [2.75, 3.05) is 6.54 Å². The van der Waals surface area contributed by atoms with Gasteiger partial charge in [-0.25, -0.2) is 4.79 Å². The van der Waals surface area contributed by atoms with Gasteiger partial charge in [0.25, 0.3) is 0 Å². The fourth-order valence-electron chi connectivity index (χ4n) is 4.30. The fourth-order valence-corrected chi connectivity index (χ4v) is 5.11. The normalized spacial score (nSPS) is 22.9. The van der Waals surface area contributed by atoms with E-state index in [2.05, 4.69) is 17.6 Å².